The fraction of sp³-hybridized carbons (Fsp3) is 0.311. The number of benzene rings is 4. The molecule has 0 saturated carbocycles. The Hall–Kier alpha value is -6.05. The van der Waals surface area contributed by atoms with Crippen LogP contribution in [0, 0.1) is 5.92 Å². The van der Waals surface area contributed by atoms with Crippen molar-refractivity contribution >= 4 is 64.1 Å². The predicted molar refractivity (Wildman–Crippen MR) is 227 cm³/mol. The number of aromatic amines is 1. The lowest BCUT2D eigenvalue weighted by atomic mass is 9.78. The minimum atomic E-state index is -1.59. The number of alkyl carbamates (subject to hydrolysis) is 1. The average Bonchev–Trinajstić information content (AvgIpc) is 3.61. The van der Waals surface area contributed by atoms with Crippen molar-refractivity contribution in [3.63, 3.8) is 0 Å². The lowest BCUT2D eigenvalue weighted by molar-refractivity contribution is -0.137. The van der Waals surface area contributed by atoms with Crippen molar-refractivity contribution in [2.45, 2.75) is 83.2 Å². The zero-order valence-corrected chi connectivity index (χ0v) is 34.7. The summed E-state index contributed by atoms with van der Waals surface area (Å²) in [6, 6.07) is 26.1. The molecule has 1 aliphatic carbocycles. The number of hydrogen-bond donors (Lipinski definition) is 5. The summed E-state index contributed by atoms with van der Waals surface area (Å²) in [5, 5.41) is 10.0. The van der Waals surface area contributed by atoms with Gasteiger partial charge in [-0.15, -0.1) is 0 Å². The van der Waals surface area contributed by atoms with Gasteiger partial charge in [-0.2, -0.15) is 0 Å². The van der Waals surface area contributed by atoms with E-state index in [1.54, 1.807) is 55.5 Å². The molecule has 0 spiro atoms. The van der Waals surface area contributed by atoms with Crippen molar-refractivity contribution in [3.05, 3.63) is 135 Å². The third kappa shape index (κ3) is 11.0. The predicted octanol–water partition coefficient (Wildman–Crippen LogP) is 7.48. The Labute approximate surface area is 357 Å². The fourth-order valence-electron chi connectivity index (χ4n) is 7.21. The van der Waals surface area contributed by atoms with Crippen LogP contribution in [0.3, 0.4) is 0 Å². The maximum absolute atomic E-state index is 14.5. The Morgan fingerprint density at radius 2 is 1.50 bits per heavy atom. The summed E-state index contributed by atoms with van der Waals surface area (Å²) < 4.78 is 16.0. The molecule has 13 nitrogen and oxygen atoms in total. The zero-order valence-electron chi connectivity index (χ0n) is 33.2. The highest BCUT2D eigenvalue weighted by Crippen LogP contribution is 2.38. The minimum absolute atomic E-state index is 0.0168. The number of aromatic nitrogens is 1. The lowest BCUT2D eigenvalue weighted by Crippen LogP contribution is -2.66. The highest BCUT2D eigenvalue weighted by molar-refractivity contribution is 6.38. The first-order chi connectivity index (χ1) is 28.8. The van der Waals surface area contributed by atoms with Gasteiger partial charge in [0, 0.05) is 22.5 Å². The van der Waals surface area contributed by atoms with Crippen molar-refractivity contribution < 1.29 is 38.2 Å². The first-order valence-electron chi connectivity index (χ1n) is 19.7. The lowest BCUT2D eigenvalue weighted by Gasteiger charge is -2.39. The number of rotatable bonds is 16. The number of carbonyl (C=O) groups is 5. The number of primary amides is 1. The maximum atomic E-state index is 14.5. The molecular weight excluding hydrogens is 809 g/mol. The van der Waals surface area contributed by atoms with E-state index in [-0.39, 0.29) is 50.6 Å². The standard InChI is InChI=1S/C45H47Cl2N5O8/c1-3-27(2)38(40(48)53)51-42(55)45(21-20-36-34(24-45)33-22-31(46)23-35(47)39(33)49-36)52-41(54)37(50-43(56)58-25-29-10-6-4-7-11-29)19-16-28-14-17-32(18-15-28)60-44(57)59-26-30-12-8-5-9-13-30/h4-15,17-18,22-23,27,37-38,49H,3,16,19-21,24-26H2,1-2H3,(H2,48,53)(H,50,56)(H,51,55)(H,52,54)/t27-,37-,38-,45+/m0/s1. The van der Waals surface area contributed by atoms with Gasteiger partial charge in [-0.25, -0.2) is 9.59 Å². The molecule has 60 heavy (non-hydrogen) atoms. The van der Waals surface area contributed by atoms with Crippen LogP contribution < -0.4 is 26.4 Å². The van der Waals surface area contributed by atoms with Crippen LogP contribution in [0.2, 0.25) is 10.0 Å². The molecular formula is C45H47Cl2N5O8. The van der Waals surface area contributed by atoms with E-state index < -0.39 is 47.6 Å². The summed E-state index contributed by atoms with van der Waals surface area (Å²) in [6.45, 7) is 3.70. The van der Waals surface area contributed by atoms with Crippen LogP contribution in [-0.4, -0.2) is 52.6 Å². The van der Waals surface area contributed by atoms with Crippen LogP contribution >= 0.6 is 23.2 Å². The zero-order chi connectivity index (χ0) is 42.8. The monoisotopic (exact) mass is 855 g/mol. The van der Waals surface area contributed by atoms with Gasteiger partial charge in [-0.3, -0.25) is 14.4 Å². The van der Waals surface area contributed by atoms with Gasteiger partial charge >= 0.3 is 12.2 Å². The quantitative estimate of drug-likeness (QED) is 0.0499. The second-order valence-electron chi connectivity index (χ2n) is 14.9. The van der Waals surface area contributed by atoms with Gasteiger partial charge in [0.15, 0.2) is 0 Å². The van der Waals surface area contributed by atoms with Crippen molar-refractivity contribution in [1.29, 1.82) is 0 Å². The van der Waals surface area contributed by atoms with Crippen molar-refractivity contribution in [2.75, 3.05) is 0 Å². The van der Waals surface area contributed by atoms with Gasteiger partial charge in [0.2, 0.25) is 17.7 Å². The number of aryl methyl sites for hydroxylation is 2. The molecule has 1 aromatic heterocycles. The number of amides is 4. The van der Waals surface area contributed by atoms with Crippen molar-refractivity contribution in [2.24, 2.45) is 11.7 Å². The molecule has 0 aliphatic heterocycles. The summed E-state index contributed by atoms with van der Waals surface area (Å²) in [6.07, 6.45) is -0.279. The van der Waals surface area contributed by atoms with Gasteiger partial charge in [0.05, 0.1) is 10.5 Å². The summed E-state index contributed by atoms with van der Waals surface area (Å²) in [4.78, 5) is 70.7. The molecule has 0 radical (unpaired) electrons. The maximum Gasteiger partial charge on any atom is 0.514 e. The smallest absolute Gasteiger partial charge is 0.445 e. The molecule has 6 N–H and O–H groups in total. The van der Waals surface area contributed by atoms with Crippen molar-refractivity contribution in [1.82, 2.24) is 20.9 Å². The molecule has 6 rings (SSSR count). The normalized spacial score (nSPS) is 16.1. The van der Waals surface area contributed by atoms with E-state index in [2.05, 4.69) is 20.9 Å². The molecule has 1 heterocycles. The summed E-state index contributed by atoms with van der Waals surface area (Å²) in [5.41, 5.74) is 8.71. The van der Waals surface area contributed by atoms with Crippen LogP contribution in [0.25, 0.3) is 10.9 Å². The van der Waals surface area contributed by atoms with Gasteiger partial charge in [-0.05, 0) is 78.1 Å². The fourth-order valence-corrected chi connectivity index (χ4v) is 7.75. The summed E-state index contributed by atoms with van der Waals surface area (Å²) in [7, 11) is 0. The molecule has 0 bridgehead atoms. The topological polar surface area (TPSA) is 191 Å². The van der Waals surface area contributed by atoms with Gasteiger partial charge in [-0.1, -0.05) is 116 Å². The van der Waals surface area contributed by atoms with Crippen LogP contribution in [0.4, 0.5) is 9.59 Å². The largest absolute Gasteiger partial charge is 0.514 e. The number of fused-ring (bicyclic) bond motifs is 3. The second kappa shape index (κ2) is 19.8. The van der Waals surface area contributed by atoms with Crippen molar-refractivity contribution in [3.8, 4) is 5.75 Å². The summed E-state index contributed by atoms with van der Waals surface area (Å²) >= 11 is 13.0. The molecule has 0 saturated heterocycles. The van der Waals surface area contributed by atoms with Gasteiger partial charge in [0.1, 0.15) is 36.6 Å². The van der Waals surface area contributed by atoms with E-state index in [4.69, 9.17) is 43.1 Å². The number of H-pyrrole nitrogens is 1. The molecule has 4 atom stereocenters. The van der Waals surface area contributed by atoms with Crippen LogP contribution in [0.1, 0.15) is 61.1 Å². The van der Waals surface area contributed by atoms with E-state index in [1.807, 2.05) is 55.5 Å². The second-order valence-corrected chi connectivity index (χ2v) is 15.8. The number of carbonyl (C=O) groups excluding carboxylic acids is 5. The number of nitrogens with one attached hydrogen (secondary N) is 4. The van der Waals surface area contributed by atoms with Gasteiger partial charge < -0.3 is 40.9 Å². The van der Waals surface area contributed by atoms with Crippen LogP contribution in [0.5, 0.6) is 5.75 Å². The molecule has 0 unspecified atom stereocenters. The molecule has 0 fully saturated rings. The van der Waals surface area contributed by atoms with E-state index in [9.17, 15) is 24.0 Å². The van der Waals surface area contributed by atoms with E-state index in [1.165, 1.54) is 0 Å². The number of nitrogens with two attached hydrogens (primary N) is 1. The molecule has 1 aliphatic rings. The highest BCUT2D eigenvalue weighted by Gasteiger charge is 2.46. The molecule has 5 aromatic rings. The minimum Gasteiger partial charge on any atom is -0.445 e. The van der Waals surface area contributed by atoms with E-state index >= 15 is 0 Å². The highest BCUT2D eigenvalue weighted by atomic mass is 35.5. The average molecular weight is 857 g/mol. The number of halogens is 2. The van der Waals surface area contributed by atoms with E-state index in [0.29, 0.717) is 33.8 Å². The first kappa shape index (κ1) is 43.5. The Bertz CT molecular complexity index is 2320. The number of ether oxygens (including phenoxy) is 3. The third-order valence-corrected chi connectivity index (χ3v) is 11.3. The first-order valence-corrected chi connectivity index (χ1v) is 20.4. The number of hydrogen-bond acceptors (Lipinski definition) is 8. The van der Waals surface area contributed by atoms with E-state index in [0.717, 1.165) is 27.9 Å². The third-order valence-electron chi connectivity index (χ3n) is 10.8. The Balaban J connectivity index is 1.23. The Morgan fingerprint density at radius 1 is 0.850 bits per heavy atom. The Kier molecular flexibility index (Phi) is 14.4. The SMILES string of the molecule is CC[C@H](C)[C@H](NC(=O)[C@@]1(NC(=O)[C@H](CCc2ccc(OC(=O)OCc3ccccc3)cc2)NC(=O)OCc2ccccc2)CCc2[nH]c3c(Cl)cc(Cl)cc3c2C1)C(N)=O. The Morgan fingerprint density at radius 3 is 2.13 bits per heavy atom. The summed E-state index contributed by atoms with van der Waals surface area (Å²) in [5.74, 6) is -2.00. The molecule has 314 valence electrons. The molecule has 4 amide bonds. The molecule has 4 aromatic carbocycles. The van der Waals surface area contributed by atoms with Crippen LogP contribution in [0.15, 0.2) is 97.1 Å². The molecule has 15 heteroatoms. The van der Waals surface area contributed by atoms with Gasteiger partial charge in [0.25, 0.3) is 0 Å². The van der Waals surface area contributed by atoms with Crippen LogP contribution in [-0.2, 0) is 56.3 Å².